The molecule has 2 nitrogen and oxygen atoms in total. The first kappa shape index (κ1) is 8.02. The van der Waals surface area contributed by atoms with E-state index in [0.29, 0.717) is 0 Å². The molecular weight excluding hydrogens is 124 g/mol. The van der Waals surface area contributed by atoms with Gasteiger partial charge >= 0.3 is 0 Å². The van der Waals surface area contributed by atoms with Crippen molar-refractivity contribution in [3.05, 3.63) is 0 Å². The van der Waals surface area contributed by atoms with Gasteiger partial charge in [-0.15, -0.1) is 0 Å². The lowest BCUT2D eigenvalue weighted by Gasteiger charge is -2.26. The zero-order valence-corrected chi connectivity index (χ0v) is 7.03. The summed E-state index contributed by atoms with van der Waals surface area (Å²) in [5.41, 5.74) is 3.96. The van der Waals surface area contributed by atoms with E-state index in [1.165, 1.54) is 32.5 Å². The molecule has 1 fully saturated rings. The largest absolute Gasteiger partial charge is 0.357 e. The molecule has 1 aliphatic rings. The van der Waals surface area contributed by atoms with E-state index in [-0.39, 0.29) is 0 Å². The zero-order valence-electron chi connectivity index (χ0n) is 7.03. The van der Waals surface area contributed by atoms with E-state index >= 15 is 0 Å². The molecule has 10 heavy (non-hydrogen) atoms. The molecule has 0 saturated carbocycles. The molecule has 1 heterocycles. The van der Waals surface area contributed by atoms with E-state index in [1.807, 2.05) is 0 Å². The summed E-state index contributed by atoms with van der Waals surface area (Å²) in [5, 5.41) is 0. The van der Waals surface area contributed by atoms with Gasteiger partial charge in [-0.05, 0) is 19.8 Å². The van der Waals surface area contributed by atoms with Crippen LogP contribution in [0.25, 0.3) is 0 Å². The second-order valence-electron chi connectivity index (χ2n) is 3.35. The number of rotatable bonds is 2. The van der Waals surface area contributed by atoms with Crippen LogP contribution in [0.2, 0.25) is 0 Å². The van der Waals surface area contributed by atoms with Crippen molar-refractivity contribution < 1.29 is 10.6 Å². The van der Waals surface area contributed by atoms with Crippen molar-refractivity contribution in [3.63, 3.8) is 0 Å². The maximum Gasteiger partial charge on any atom is 0.0854 e. The fourth-order valence-electron chi connectivity index (χ4n) is 1.82. The first-order valence-electron chi connectivity index (χ1n) is 4.49. The highest BCUT2D eigenvalue weighted by Crippen LogP contribution is 2.03. The van der Waals surface area contributed by atoms with Crippen LogP contribution in [-0.2, 0) is 0 Å². The Morgan fingerprint density at radius 1 is 1.60 bits per heavy atom. The van der Waals surface area contributed by atoms with Gasteiger partial charge in [0.15, 0.2) is 0 Å². The van der Waals surface area contributed by atoms with E-state index in [9.17, 15) is 0 Å². The monoisotopic (exact) mass is 144 g/mol. The van der Waals surface area contributed by atoms with Gasteiger partial charge in [0.1, 0.15) is 0 Å². The Morgan fingerprint density at radius 3 is 3.00 bits per heavy atom. The third-order valence-electron chi connectivity index (χ3n) is 2.63. The number of likely N-dealkylation sites (tertiary alicyclic amines) is 1. The lowest BCUT2D eigenvalue weighted by Crippen LogP contribution is -3.13. The van der Waals surface area contributed by atoms with Gasteiger partial charge in [0.25, 0.3) is 0 Å². The van der Waals surface area contributed by atoms with Crippen molar-refractivity contribution >= 4 is 0 Å². The van der Waals surface area contributed by atoms with Crippen LogP contribution in [0.4, 0.5) is 0 Å². The smallest absolute Gasteiger partial charge is 0.0854 e. The maximum absolute atomic E-state index is 3.96. The minimum absolute atomic E-state index is 0.920. The van der Waals surface area contributed by atoms with E-state index < -0.39 is 0 Å². The van der Waals surface area contributed by atoms with E-state index in [0.717, 1.165) is 12.5 Å². The Morgan fingerprint density at radius 2 is 2.40 bits per heavy atom. The van der Waals surface area contributed by atoms with Crippen LogP contribution >= 0.6 is 0 Å². The van der Waals surface area contributed by atoms with Crippen LogP contribution in [-0.4, -0.2) is 26.2 Å². The van der Waals surface area contributed by atoms with Crippen molar-refractivity contribution in [2.45, 2.75) is 19.8 Å². The topological polar surface area (TPSA) is 32.1 Å². The number of hydrogen-bond acceptors (Lipinski definition) is 0. The van der Waals surface area contributed by atoms with Gasteiger partial charge in [0.05, 0.1) is 32.1 Å². The SMILES string of the molecule is CC[NH+]1CCC[C@H](C[NH3+])C1. The second kappa shape index (κ2) is 3.94. The lowest BCUT2D eigenvalue weighted by molar-refractivity contribution is -0.907. The quantitative estimate of drug-likeness (QED) is 0.475. The Hall–Kier alpha value is -0.0800. The Kier molecular flexibility index (Phi) is 3.16. The molecule has 0 radical (unpaired) electrons. The van der Waals surface area contributed by atoms with Crippen LogP contribution in [0.1, 0.15) is 19.8 Å². The summed E-state index contributed by atoms with van der Waals surface area (Å²) >= 11 is 0. The molecule has 2 atom stereocenters. The summed E-state index contributed by atoms with van der Waals surface area (Å²) < 4.78 is 0. The number of nitrogens with one attached hydrogen (secondary N) is 1. The number of quaternary nitrogens is 2. The highest BCUT2D eigenvalue weighted by molar-refractivity contribution is 4.58. The van der Waals surface area contributed by atoms with Crippen molar-refractivity contribution in [2.24, 2.45) is 5.92 Å². The molecule has 0 aliphatic carbocycles. The molecule has 0 aromatic carbocycles. The van der Waals surface area contributed by atoms with Crippen molar-refractivity contribution in [1.82, 2.24) is 0 Å². The van der Waals surface area contributed by atoms with Gasteiger partial charge in [-0.3, -0.25) is 0 Å². The summed E-state index contributed by atoms with van der Waals surface area (Å²) in [6, 6.07) is 0. The minimum Gasteiger partial charge on any atom is -0.357 e. The molecule has 1 aliphatic heterocycles. The van der Waals surface area contributed by atoms with Gasteiger partial charge in [-0.25, -0.2) is 0 Å². The fourth-order valence-corrected chi connectivity index (χ4v) is 1.82. The predicted octanol–water partition coefficient (Wildman–Crippen LogP) is -1.46. The zero-order chi connectivity index (χ0) is 7.40. The van der Waals surface area contributed by atoms with Gasteiger partial charge in [-0.1, -0.05) is 0 Å². The standard InChI is InChI=1S/C8H18N2/c1-2-10-5-3-4-8(6-9)7-10/h8H,2-7,9H2,1H3/p+2/t8-/m1/s1. The van der Waals surface area contributed by atoms with E-state index in [4.69, 9.17) is 0 Å². The van der Waals surface area contributed by atoms with Crippen LogP contribution in [0.3, 0.4) is 0 Å². The van der Waals surface area contributed by atoms with Gasteiger partial charge in [-0.2, -0.15) is 0 Å². The van der Waals surface area contributed by atoms with E-state index in [2.05, 4.69) is 12.7 Å². The Labute approximate surface area is 63.4 Å². The molecule has 2 heteroatoms. The van der Waals surface area contributed by atoms with Gasteiger partial charge in [0, 0.05) is 0 Å². The maximum atomic E-state index is 3.96. The highest BCUT2D eigenvalue weighted by Gasteiger charge is 2.21. The van der Waals surface area contributed by atoms with Crippen LogP contribution in [0, 0.1) is 5.92 Å². The molecule has 0 aromatic rings. The normalized spacial score (nSPS) is 34.2. The third kappa shape index (κ3) is 1.96. The Bertz CT molecular complexity index is 83.3. The molecule has 0 spiro atoms. The number of hydrogen-bond donors (Lipinski definition) is 2. The molecule has 1 saturated heterocycles. The van der Waals surface area contributed by atoms with Crippen LogP contribution in [0.5, 0.6) is 0 Å². The van der Waals surface area contributed by atoms with Crippen molar-refractivity contribution in [3.8, 4) is 0 Å². The Balaban J connectivity index is 2.25. The molecule has 4 N–H and O–H groups in total. The first-order valence-corrected chi connectivity index (χ1v) is 4.49. The van der Waals surface area contributed by atoms with Crippen molar-refractivity contribution in [1.29, 1.82) is 0 Å². The second-order valence-corrected chi connectivity index (χ2v) is 3.35. The minimum atomic E-state index is 0.920. The average Bonchev–Trinajstić information content (AvgIpc) is 2.05. The molecular formula is C8H20N2+2. The van der Waals surface area contributed by atoms with E-state index in [1.54, 1.807) is 4.90 Å². The molecule has 0 amide bonds. The molecule has 1 unspecified atom stereocenters. The molecule has 1 rings (SSSR count). The molecule has 0 bridgehead atoms. The summed E-state index contributed by atoms with van der Waals surface area (Å²) in [6.07, 6.45) is 2.84. The third-order valence-corrected chi connectivity index (χ3v) is 2.63. The van der Waals surface area contributed by atoms with Crippen LogP contribution < -0.4 is 10.6 Å². The fraction of sp³-hybridized carbons (Fsp3) is 1.00. The molecule has 60 valence electrons. The lowest BCUT2D eigenvalue weighted by atomic mass is 9.98. The first-order chi connectivity index (χ1) is 4.86. The number of piperidine rings is 1. The summed E-state index contributed by atoms with van der Waals surface area (Å²) in [4.78, 5) is 1.78. The van der Waals surface area contributed by atoms with Gasteiger partial charge in [0.2, 0.25) is 0 Å². The summed E-state index contributed by atoms with van der Waals surface area (Å²) in [7, 11) is 0. The summed E-state index contributed by atoms with van der Waals surface area (Å²) in [6.45, 7) is 7.49. The molecule has 0 aromatic heterocycles. The average molecular weight is 144 g/mol. The summed E-state index contributed by atoms with van der Waals surface area (Å²) in [5.74, 6) is 0.920. The van der Waals surface area contributed by atoms with Crippen molar-refractivity contribution in [2.75, 3.05) is 26.2 Å². The highest BCUT2D eigenvalue weighted by atomic mass is 15.1. The predicted molar refractivity (Wildman–Crippen MR) is 41.7 cm³/mol. The van der Waals surface area contributed by atoms with Crippen LogP contribution in [0.15, 0.2) is 0 Å². The van der Waals surface area contributed by atoms with Gasteiger partial charge < -0.3 is 10.6 Å².